The maximum absolute atomic E-state index is 10.8. The summed E-state index contributed by atoms with van der Waals surface area (Å²) >= 11 is 0. The summed E-state index contributed by atoms with van der Waals surface area (Å²) in [5.41, 5.74) is 0.194. The van der Waals surface area contributed by atoms with E-state index in [0.29, 0.717) is 0 Å². The van der Waals surface area contributed by atoms with Crippen LogP contribution in [0.2, 0.25) is 0 Å². The maximum atomic E-state index is 10.8. The van der Waals surface area contributed by atoms with Gasteiger partial charge in [0, 0.05) is 5.57 Å². The second kappa shape index (κ2) is 6.58. The van der Waals surface area contributed by atoms with Crippen LogP contribution in [0.15, 0.2) is 12.2 Å². The average molecular weight is 216 g/mol. The van der Waals surface area contributed by atoms with Gasteiger partial charge in [0.15, 0.2) is 0 Å². The second-order valence-corrected chi connectivity index (χ2v) is 2.60. The van der Waals surface area contributed by atoms with Crippen LogP contribution in [0.5, 0.6) is 0 Å². The monoisotopic (exact) mass is 216 g/mol. The topological polar surface area (TPSA) is 78.9 Å². The Morgan fingerprint density at radius 2 is 1.73 bits per heavy atom. The Hall–Kier alpha value is -1.85. The molecule has 0 N–H and O–H groups in total. The molecule has 0 aromatic carbocycles. The predicted molar refractivity (Wildman–Crippen MR) is 48.5 cm³/mol. The highest BCUT2D eigenvalue weighted by atomic mass is 16.7. The first kappa shape index (κ1) is 13.2. The number of esters is 3. The Morgan fingerprint density at radius 3 is 2.20 bits per heavy atom. The van der Waals surface area contributed by atoms with Crippen molar-refractivity contribution in [2.75, 3.05) is 13.9 Å². The number of hydrogen-bond acceptors (Lipinski definition) is 6. The van der Waals surface area contributed by atoms with Gasteiger partial charge in [0.05, 0.1) is 7.11 Å². The number of methoxy groups -OCH3 is 1. The van der Waals surface area contributed by atoms with Gasteiger partial charge >= 0.3 is 17.9 Å². The Kier molecular flexibility index (Phi) is 5.77. The third-order valence-corrected chi connectivity index (χ3v) is 1.27. The number of ether oxygens (including phenoxy) is 3. The Labute approximate surface area is 86.8 Å². The molecule has 0 bridgehead atoms. The molecule has 6 nitrogen and oxygen atoms in total. The number of carbonyl (C=O) groups is 3. The molecule has 0 aliphatic carbocycles. The SMILES string of the molecule is C=C(C)C(=O)OCOC(=O)CC(=O)OC. The van der Waals surface area contributed by atoms with Crippen LogP contribution in [0.25, 0.3) is 0 Å². The molecule has 0 spiro atoms. The second-order valence-electron chi connectivity index (χ2n) is 2.60. The summed E-state index contributed by atoms with van der Waals surface area (Å²) in [7, 11) is 1.15. The van der Waals surface area contributed by atoms with Gasteiger partial charge in [0.25, 0.3) is 0 Å². The first-order chi connectivity index (χ1) is 6.97. The zero-order valence-corrected chi connectivity index (χ0v) is 8.57. The van der Waals surface area contributed by atoms with Crippen molar-refractivity contribution in [1.82, 2.24) is 0 Å². The molecule has 84 valence electrons. The Morgan fingerprint density at radius 1 is 1.13 bits per heavy atom. The lowest BCUT2D eigenvalue weighted by atomic mass is 10.4. The number of hydrogen-bond donors (Lipinski definition) is 0. The summed E-state index contributed by atoms with van der Waals surface area (Å²) in [4.78, 5) is 32.2. The van der Waals surface area contributed by atoms with Crippen LogP contribution in [0.3, 0.4) is 0 Å². The van der Waals surface area contributed by atoms with E-state index in [-0.39, 0.29) is 5.57 Å². The summed E-state index contributed by atoms with van der Waals surface area (Å²) in [5.74, 6) is -2.21. The zero-order chi connectivity index (χ0) is 11.8. The highest BCUT2D eigenvalue weighted by Gasteiger charge is 2.11. The molecule has 0 heterocycles. The van der Waals surface area contributed by atoms with E-state index in [2.05, 4.69) is 20.8 Å². The van der Waals surface area contributed by atoms with E-state index in [1.54, 1.807) is 0 Å². The molecule has 0 fully saturated rings. The van der Waals surface area contributed by atoms with E-state index in [9.17, 15) is 14.4 Å². The Bertz CT molecular complexity index is 280. The molecule has 0 unspecified atom stereocenters. The van der Waals surface area contributed by atoms with Gasteiger partial charge in [0.1, 0.15) is 6.42 Å². The molecular formula is C9H12O6. The lowest BCUT2D eigenvalue weighted by Gasteiger charge is -2.04. The van der Waals surface area contributed by atoms with Crippen molar-refractivity contribution < 1.29 is 28.6 Å². The molecule has 0 radical (unpaired) electrons. The summed E-state index contributed by atoms with van der Waals surface area (Å²) in [5, 5.41) is 0. The lowest BCUT2D eigenvalue weighted by molar-refractivity contribution is -0.166. The maximum Gasteiger partial charge on any atom is 0.335 e. The third kappa shape index (κ3) is 6.25. The minimum absolute atomic E-state index is 0.194. The summed E-state index contributed by atoms with van der Waals surface area (Å²) < 4.78 is 13.1. The van der Waals surface area contributed by atoms with Crippen molar-refractivity contribution in [3.63, 3.8) is 0 Å². The molecule has 0 amide bonds. The molecular weight excluding hydrogens is 204 g/mol. The van der Waals surface area contributed by atoms with E-state index < -0.39 is 31.1 Å². The molecule has 6 heteroatoms. The molecule has 0 saturated heterocycles. The third-order valence-electron chi connectivity index (χ3n) is 1.27. The molecule has 0 atom stereocenters. The fourth-order valence-electron chi connectivity index (χ4n) is 0.513. The van der Waals surface area contributed by atoms with Crippen LogP contribution in [0, 0.1) is 0 Å². The predicted octanol–water partition coefficient (Wildman–Crippen LogP) is 0.169. The highest BCUT2D eigenvalue weighted by Crippen LogP contribution is 1.94. The summed E-state index contributed by atoms with van der Waals surface area (Å²) in [6.07, 6.45) is -0.513. The molecule has 0 saturated carbocycles. The van der Waals surface area contributed by atoms with Gasteiger partial charge in [-0.15, -0.1) is 0 Å². The molecule has 0 rings (SSSR count). The largest absolute Gasteiger partial charge is 0.469 e. The average Bonchev–Trinajstić information content (AvgIpc) is 2.17. The van der Waals surface area contributed by atoms with E-state index in [1.165, 1.54) is 6.92 Å². The van der Waals surface area contributed by atoms with Crippen molar-refractivity contribution in [2.45, 2.75) is 13.3 Å². The van der Waals surface area contributed by atoms with E-state index >= 15 is 0 Å². The van der Waals surface area contributed by atoms with Crippen LogP contribution in [-0.2, 0) is 28.6 Å². The molecule has 0 aliphatic heterocycles. The first-order valence-corrected chi connectivity index (χ1v) is 4.02. The van der Waals surface area contributed by atoms with Crippen molar-refractivity contribution in [3.8, 4) is 0 Å². The summed E-state index contributed by atoms with van der Waals surface area (Å²) in [6, 6.07) is 0. The fourth-order valence-corrected chi connectivity index (χ4v) is 0.513. The number of rotatable bonds is 5. The molecule has 0 aliphatic rings. The van der Waals surface area contributed by atoms with Gasteiger partial charge in [-0.05, 0) is 6.92 Å². The van der Waals surface area contributed by atoms with E-state index in [4.69, 9.17) is 0 Å². The van der Waals surface area contributed by atoms with E-state index in [0.717, 1.165) is 7.11 Å². The zero-order valence-electron chi connectivity index (χ0n) is 8.57. The highest BCUT2D eigenvalue weighted by molar-refractivity contribution is 5.91. The van der Waals surface area contributed by atoms with Gasteiger partial charge in [-0.1, -0.05) is 6.58 Å². The minimum Gasteiger partial charge on any atom is -0.469 e. The van der Waals surface area contributed by atoms with Gasteiger partial charge < -0.3 is 14.2 Å². The molecule has 0 aromatic heterocycles. The van der Waals surface area contributed by atoms with Crippen molar-refractivity contribution in [2.24, 2.45) is 0 Å². The van der Waals surface area contributed by atoms with Gasteiger partial charge in [0.2, 0.25) is 6.79 Å². The molecule has 0 aromatic rings. The quantitative estimate of drug-likeness (QED) is 0.282. The first-order valence-electron chi connectivity index (χ1n) is 4.02. The van der Waals surface area contributed by atoms with Crippen LogP contribution in [0.1, 0.15) is 13.3 Å². The normalized spacial score (nSPS) is 8.93. The van der Waals surface area contributed by atoms with Crippen molar-refractivity contribution >= 4 is 17.9 Å². The standard InChI is InChI=1S/C9H12O6/c1-6(2)9(12)15-5-14-8(11)4-7(10)13-3/h1,4-5H2,2-3H3. The smallest absolute Gasteiger partial charge is 0.335 e. The minimum atomic E-state index is -0.823. The Balaban J connectivity index is 3.69. The van der Waals surface area contributed by atoms with Crippen LogP contribution in [-0.4, -0.2) is 31.8 Å². The van der Waals surface area contributed by atoms with Crippen LogP contribution >= 0.6 is 0 Å². The van der Waals surface area contributed by atoms with Gasteiger partial charge in [-0.2, -0.15) is 0 Å². The number of carbonyl (C=O) groups excluding carboxylic acids is 3. The fraction of sp³-hybridized carbons (Fsp3) is 0.444. The lowest BCUT2D eigenvalue weighted by Crippen LogP contribution is -2.16. The van der Waals surface area contributed by atoms with Crippen LogP contribution in [0.4, 0.5) is 0 Å². The van der Waals surface area contributed by atoms with Crippen molar-refractivity contribution in [1.29, 1.82) is 0 Å². The van der Waals surface area contributed by atoms with Gasteiger partial charge in [-0.3, -0.25) is 9.59 Å². The van der Waals surface area contributed by atoms with E-state index in [1.807, 2.05) is 0 Å². The summed E-state index contributed by atoms with van der Waals surface area (Å²) in [6.45, 7) is 4.24. The molecule has 15 heavy (non-hydrogen) atoms. The van der Waals surface area contributed by atoms with Crippen LogP contribution < -0.4 is 0 Å². The van der Waals surface area contributed by atoms with Crippen molar-refractivity contribution in [3.05, 3.63) is 12.2 Å². The van der Waals surface area contributed by atoms with Gasteiger partial charge in [-0.25, -0.2) is 4.79 Å².